The quantitative estimate of drug-likeness (QED) is 0.860. The molecule has 2 rings (SSSR count). The van der Waals surface area contributed by atoms with Crippen LogP contribution in [0.1, 0.15) is 32.4 Å². The molecule has 1 unspecified atom stereocenters. The topological polar surface area (TPSA) is 65.6 Å². The Morgan fingerprint density at radius 2 is 2.00 bits per heavy atom. The number of anilines is 1. The van der Waals surface area contributed by atoms with Crippen LogP contribution in [0.3, 0.4) is 0 Å². The third-order valence-corrected chi connectivity index (χ3v) is 3.60. The van der Waals surface area contributed by atoms with Crippen molar-refractivity contribution in [2.75, 3.05) is 37.6 Å². The van der Waals surface area contributed by atoms with E-state index in [4.69, 9.17) is 5.73 Å². The molecular weight excluding hydrogens is 252 g/mol. The zero-order chi connectivity index (χ0) is 14.8. The van der Waals surface area contributed by atoms with Crippen LogP contribution in [0.5, 0.6) is 0 Å². The van der Waals surface area contributed by atoms with Crippen molar-refractivity contribution in [2.24, 2.45) is 5.73 Å². The predicted molar refractivity (Wildman–Crippen MR) is 81.8 cm³/mol. The molecule has 1 atom stereocenters. The molecule has 0 saturated carbocycles. The third kappa shape index (κ3) is 4.16. The number of rotatable bonds is 4. The minimum absolute atomic E-state index is 0.0354. The van der Waals surface area contributed by atoms with Crippen molar-refractivity contribution >= 4 is 5.82 Å². The highest BCUT2D eigenvalue weighted by molar-refractivity contribution is 5.42. The summed E-state index contributed by atoms with van der Waals surface area (Å²) in [6.07, 6.45) is 1.83. The monoisotopic (exact) mass is 278 g/mol. The summed E-state index contributed by atoms with van der Waals surface area (Å²) in [6, 6.07) is 4.09. The molecule has 3 N–H and O–H groups in total. The minimum Gasteiger partial charge on any atom is -0.389 e. The summed E-state index contributed by atoms with van der Waals surface area (Å²) in [4.78, 5) is 9.03. The molecule has 5 heteroatoms. The average Bonchev–Trinajstić information content (AvgIpc) is 2.38. The summed E-state index contributed by atoms with van der Waals surface area (Å²) in [7, 11) is 0. The summed E-state index contributed by atoms with van der Waals surface area (Å²) in [6.45, 7) is 10.2. The van der Waals surface area contributed by atoms with Crippen molar-refractivity contribution in [2.45, 2.75) is 32.4 Å². The number of hydrogen-bond acceptors (Lipinski definition) is 5. The average molecular weight is 278 g/mol. The molecule has 1 aliphatic heterocycles. The van der Waals surface area contributed by atoms with E-state index in [9.17, 15) is 5.11 Å². The van der Waals surface area contributed by atoms with Crippen molar-refractivity contribution in [3.05, 3.63) is 23.9 Å². The molecule has 5 nitrogen and oxygen atoms in total. The Bertz CT molecular complexity index is 434. The molecule has 2 heterocycles. The van der Waals surface area contributed by atoms with Crippen molar-refractivity contribution < 1.29 is 5.11 Å². The number of aliphatic hydroxyl groups is 1. The van der Waals surface area contributed by atoms with Gasteiger partial charge in [0.05, 0.1) is 5.60 Å². The Morgan fingerprint density at radius 1 is 1.35 bits per heavy atom. The summed E-state index contributed by atoms with van der Waals surface area (Å²) in [5.74, 6) is 1.00. The van der Waals surface area contributed by atoms with E-state index in [1.54, 1.807) is 0 Å². The smallest absolute Gasteiger partial charge is 0.128 e. The fourth-order valence-electron chi connectivity index (χ4n) is 2.57. The van der Waals surface area contributed by atoms with E-state index < -0.39 is 5.60 Å². The number of piperazine rings is 1. The maximum absolute atomic E-state index is 9.87. The Labute approximate surface area is 121 Å². The molecule has 0 bridgehead atoms. The number of nitrogens with two attached hydrogens (primary N) is 1. The molecule has 112 valence electrons. The fraction of sp³-hybridized carbons (Fsp3) is 0.667. The van der Waals surface area contributed by atoms with Gasteiger partial charge >= 0.3 is 0 Å². The molecule has 1 aromatic heterocycles. The van der Waals surface area contributed by atoms with E-state index in [0.29, 0.717) is 6.54 Å². The normalized spacial score (nSPS) is 19.1. The maximum Gasteiger partial charge on any atom is 0.128 e. The van der Waals surface area contributed by atoms with Crippen LogP contribution < -0.4 is 10.6 Å². The standard InChI is InChI=1S/C15H26N4O/c1-12(16)13-4-5-17-14(10-13)19-8-6-18(7-9-19)11-15(2,3)20/h4-5,10,12,20H,6-9,11,16H2,1-3H3. The van der Waals surface area contributed by atoms with E-state index in [2.05, 4.69) is 20.9 Å². The number of nitrogens with zero attached hydrogens (tertiary/aromatic N) is 3. The van der Waals surface area contributed by atoms with Crippen LogP contribution in [0.2, 0.25) is 0 Å². The molecule has 0 spiro atoms. The van der Waals surface area contributed by atoms with Crippen LogP contribution in [0.15, 0.2) is 18.3 Å². The third-order valence-electron chi connectivity index (χ3n) is 3.60. The Hall–Kier alpha value is -1.17. The molecule has 1 fully saturated rings. The predicted octanol–water partition coefficient (Wildman–Crippen LogP) is 0.994. The van der Waals surface area contributed by atoms with Gasteiger partial charge in [-0.1, -0.05) is 0 Å². The van der Waals surface area contributed by atoms with Crippen LogP contribution in [0.4, 0.5) is 5.82 Å². The van der Waals surface area contributed by atoms with Crippen LogP contribution in [-0.2, 0) is 0 Å². The van der Waals surface area contributed by atoms with Crippen molar-refractivity contribution in [1.82, 2.24) is 9.88 Å². The molecule has 20 heavy (non-hydrogen) atoms. The van der Waals surface area contributed by atoms with E-state index >= 15 is 0 Å². The maximum atomic E-state index is 9.87. The lowest BCUT2D eigenvalue weighted by Crippen LogP contribution is -2.50. The molecule has 1 aromatic rings. The first-order valence-corrected chi connectivity index (χ1v) is 7.26. The van der Waals surface area contributed by atoms with E-state index in [0.717, 1.165) is 37.6 Å². The second-order valence-electron chi connectivity index (χ2n) is 6.31. The lowest BCUT2D eigenvalue weighted by atomic mass is 10.1. The van der Waals surface area contributed by atoms with Crippen molar-refractivity contribution in [1.29, 1.82) is 0 Å². The van der Waals surface area contributed by atoms with E-state index in [1.807, 2.05) is 33.0 Å². The van der Waals surface area contributed by atoms with Gasteiger partial charge in [0.1, 0.15) is 5.82 Å². The van der Waals surface area contributed by atoms with Crippen LogP contribution >= 0.6 is 0 Å². The SMILES string of the molecule is CC(N)c1ccnc(N2CCN(CC(C)(C)O)CC2)c1. The first-order chi connectivity index (χ1) is 9.35. The molecule has 0 radical (unpaired) electrons. The lowest BCUT2D eigenvalue weighted by Gasteiger charge is -2.37. The Balaban J connectivity index is 1.95. The second-order valence-corrected chi connectivity index (χ2v) is 6.31. The van der Waals surface area contributed by atoms with Crippen LogP contribution in [0.25, 0.3) is 0 Å². The molecule has 1 saturated heterocycles. The first-order valence-electron chi connectivity index (χ1n) is 7.26. The molecule has 0 aliphatic carbocycles. The summed E-state index contributed by atoms with van der Waals surface area (Å²) in [5.41, 5.74) is 6.41. The van der Waals surface area contributed by atoms with Gasteiger partial charge in [-0.2, -0.15) is 0 Å². The molecule has 1 aliphatic rings. The molecule has 0 aromatic carbocycles. The van der Waals surface area contributed by atoms with Crippen LogP contribution in [-0.4, -0.2) is 53.3 Å². The van der Waals surface area contributed by atoms with E-state index in [1.165, 1.54) is 0 Å². The zero-order valence-electron chi connectivity index (χ0n) is 12.7. The van der Waals surface area contributed by atoms with Gasteiger partial charge in [0.2, 0.25) is 0 Å². The summed E-state index contributed by atoms with van der Waals surface area (Å²) >= 11 is 0. The first kappa shape index (κ1) is 15.2. The summed E-state index contributed by atoms with van der Waals surface area (Å²) in [5, 5.41) is 9.87. The van der Waals surface area contributed by atoms with Gasteiger partial charge in [-0.05, 0) is 38.5 Å². The highest BCUT2D eigenvalue weighted by atomic mass is 16.3. The van der Waals surface area contributed by atoms with E-state index in [-0.39, 0.29) is 6.04 Å². The Kier molecular flexibility index (Phi) is 4.62. The van der Waals surface area contributed by atoms with Crippen molar-refractivity contribution in [3.8, 4) is 0 Å². The Morgan fingerprint density at radius 3 is 2.55 bits per heavy atom. The highest BCUT2D eigenvalue weighted by Gasteiger charge is 2.23. The van der Waals surface area contributed by atoms with Gasteiger partial charge < -0.3 is 15.7 Å². The largest absolute Gasteiger partial charge is 0.389 e. The highest BCUT2D eigenvalue weighted by Crippen LogP contribution is 2.18. The van der Waals surface area contributed by atoms with Crippen LogP contribution in [0, 0.1) is 0 Å². The molecular formula is C15H26N4O. The molecule has 0 amide bonds. The van der Waals surface area contributed by atoms with Gasteiger partial charge in [0.25, 0.3) is 0 Å². The second kappa shape index (κ2) is 6.08. The summed E-state index contributed by atoms with van der Waals surface area (Å²) < 4.78 is 0. The fourth-order valence-corrected chi connectivity index (χ4v) is 2.57. The van der Waals surface area contributed by atoms with Gasteiger partial charge in [-0.3, -0.25) is 4.90 Å². The number of hydrogen-bond donors (Lipinski definition) is 2. The number of β-amino-alcohol motifs (C(OH)–C–C–N with tert-alkyl or cyclic N) is 1. The lowest BCUT2D eigenvalue weighted by molar-refractivity contribution is 0.0344. The number of pyridine rings is 1. The van der Waals surface area contributed by atoms with Gasteiger partial charge in [-0.25, -0.2) is 4.98 Å². The van der Waals surface area contributed by atoms with Gasteiger partial charge in [0, 0.05) is 45.0 Å². The van der Waals surface area contributed by atoms with Gasteiger partial charge in [0.15, 0.2) is 0 Å². The van der Waals surface area contributed by atoms with Gasteiger partial charge in [-0.15, -0.1) is 0 Å². The zero-order valence-corrected chi connectivity index (χ0v) is 12.7. The number of aromatic nitrogens is 1. The van der Waals surface area contributed by atoms with Crippen molar-refractivity contribution in [3.63, 3.8) is 0 Å². The minimum atomic E-state index is -0.630.